The molecule has 0 heterocycles. The summed E-state index contributed by atoms with van der Waals surface area (Å²) >= 11 is 0. The average Bonchev–Trinajstić information content (AvgIpc) is 2.16. The van der Waals surface area contributed by atoms with Crippen LogP contribution in [0.25, 0.3) is 0 Å². The van der Waals surface area contributed by atoms with Crippen molar-refractivity contribution in [3.05, 3.63) is 34.9 Å². The molecule has 0 radical (unpaired) electrons. The van der Waals surface area contributed by atoms with Gasteiger partial charge in [-0.3, -0.25) is 0 Å². The Bertz CT molecular complexity index is 323. The van der Waals surface area contributed by atoms with Gasteiger partial charge < -0.3 is 16.6 Å². The monoisotopic (exact) mass is 180 g/mol. The summed E-state index contributed by atoms with van der Waals surface area (Å²) in [4.78, 5) is 10.8. The summed E-state index contributed by atoms with van der Waals surface area (Å²) in [5.74, 6) is -0.962. The highest BCUT2D eigenvalue weighted by Gasteiger charge is 2.10. The minimum atomic E-state index is -0.962. The molecule has 0 aromatic heterocycles. The van der Waals surface area contributed by atoms with Gasteiger partial charge in [-0.05, 0) is 17.2 Å². The van der Waals surface area contributed by atoms with Gasteiger partial charge in [-0.25, -0.2) is 4.79 Å². The van der Waals surface area contributed by atoms with Crippen molar-refractivity contribution in [3.8, 4) is 0 Å². The van der Waals surface area contributed by atoms with Crippen LogP contribution in [0.2, 0.25) is 0 Å². The Morgan fingerprint density at radius 2 is 2.00 bits per heavy atom. The van der Waals surface area contributed by atoms with Crippen molar-refractivity contribution in [3.63, 3.8) is 0 Å². The molecule has 1 aromatic rings. The Balaban J connectivity index is 3.27. The van der Waals surface area contributed by atoms with Gasteiger partial charge in [0.05, 0.1) is 5.56 Å². The number of carboxylic acid groups (broad SMARTS) is 1. The predicted molar refractivity (Wildman–Crippen MR) is 49.2 cm³/mol. The van der Waals surface area contributed by atoms with E-state index in [-0.39, 0.29) is 12.1 Å². The number of aromatic carboxylic acids is 1. The zero-order valence-corrected chi connectivity index (χ0v) is 7.16. The molecule has 0 unspecified atom stereocenters. The molecule has 1 aromatic carbocycles. The first-order valence-corrected chi connectivity index (χ1v) is 3.95. The molecule has 1 rings (SSSR count). The van der Waals surface area contributed by atoms with Gasteiger partial charge in [0, 0.05) is 13.1 Å². The summed E-state index contributed by atoms with van der Waals surface area (Å²) in [6, 6.07) is 4.99. The lowest BCUT2D eigenvalue weighted by atomic mass is 10.0. The number of benzene rings is 1. The lowest BCUT2D eigenvalue weighted by molar-refractivity contribution is 0.0695. The zero-order valence-electron chi connectivity index (χ0n) is 7.16. The van der Waals surface area contributed by atoms with Gasteiger partial charge in [-0.1, -0.05) is 12.1 Å². The normalized spacial score (nSPS) is 10.0. The fourth-order valence-electron chi connectivity index (χ4n) is 1.27. The largest absolute Gasteiger partial charge is 0.478 e. The van der Waals surface area contributed by atoms with E-state index < -0.39 is 5.97 Å². The van der Waals surface area contributed by atoms with Crippen LogP contribution in [0.5, 0.6) is 0 Å². The molecule has 0 bridgehead atoms. The molecule has 0 aliphatic rings. The minimum Gasteiger partial charge on any atom is -0.478 e. The average molecular weight is 180 g/mol. The first kappa shape index (κ1) is 9.70. The maximum absolute atomic E-state index is 10.8. The van der Waals surface area contributed by atoms with Gasteiger partial charge in [-0.15, -0.1) is 0 Å². The van der Waals surface area contributed by atoms with Crippen molar-refractivity contribution >= 4 is 5.97 Å². The number of carbonyl (C=O) groups is 1. The van der Waals surface area contributed by atoms with Gasteiger partial charge in [0.15, 0.2) is 0 Å². The summed E-state index contributed by atoms with van der Waals surface area (Å²) in [6.07, 6.45) is 0. The van der Waals surface area contributed by atoms with Crippen molar-refractivity contribution in [1.29, 1.82) is 0 Å². The fourth-order valence-corrected chi connectivity index (χ4v) is 1.27. The van der Waals surface area contributed by atoms with Gasteiger partial charge in [0.25, 0.3) is 0 Å². The van der Waals surface area contributed by atoms with Crippen molar-refractivity contribution in [1.82, 2.24) is 0 Å². The maximum Gasteiger partial charge on any atom is 0.336 e. The van der Waals surface area contributed by atoms with Crippen molar-refractivity contribution < 1.29 is 9.90 Å². The van der Waals surface area contributed by atoms with E-state index in [1.54, 1.807) is 12.1 Å². The molecule has 0 amide bonds. The summed E-state index contributed by atoms with van der Waals surface area (Å²) in [5.41, 5.74) is 12.6. The van der Waals surface area contributed by atoms with Crippen LogP contribution in [-0.2, 0) is 13.1 Å². The highest BCUT2D eigenvalue weighted by Crippen LogP contribution is 2.13. The second kappa shape index (κ2) is 4.02. The molecule has 0 atom stereocenters. The highest BCUT2D eigenvalue weighted by molar-refractivity contribution is 5.89. The molecule has 4 heteroatoms. The van der Waals surface area contributed by atoms with E-state index in [2.05, 4.69) is 0 Å². The van der Waals surface area contributed by atoms with E-state index in [0.717, 1.165) is 5.56 Å². The van der Waals surface area contributed by atoms with Gasteiger partial charge in [0.1, 0.15) is 0 Å². The summed E-state index contributed by atoms with van der Waals surface area (Å²) in [5, 5.41) is 8.82. The fraction of sp³-hybridized carbons (Fsp3) is 0.222. The second-order valence-electron chi connectivity index (χ2n) is 2.66. The number of carboxylic acids is 1. The third-order valence-electron chi connectivity index (χ3n) is 1.93. The van der Waals surface area contributed by atoms with Crippen LogP contribution in [0.4, 0.5) is 0 Å². The molecule has 13 heavy (non-hydrogen) atoms. The lowest BCUT2D eigenvalue weighted by Gasteiger charge is -2.08. The molecule has 0 fully saturated rings. The molecule has 70 valence electrons. The zero-order chi connectivity index (χ0) is 9.84. The molecule has 0 aliphatic carbocycles. The Kier molecular flexibility index (Phi) is 3.00. The van der Waals surface area contributed by atoms with Crippen LogP contribution in [0.15, 0.2) is 18.2 Å². The highest BCUT2D eigenvalue weighted by atomic mass is 16.4. The Morgan fingerprint density at radius 1 is 1.31 bits per heavy atom. The van der Waals surface area contributed by atoms with Crippen molar-refractivity contribution in [2.75, 3.05) is 0 Å². The number of hydrogen-bond donors (Lipinski definition) is 3. The quantitative estimate of drug-likeness (QED) is 0.624. The maximum atomic E-state index is 10.8. The van der Waals surface area contributed by atoms with Crippen molar-refractivity contribution in [2.24, 2.45) is 11.5 Å². The van der Waals surface area contributed by atoms with E-state index in [1.807, 2.05) is 0 Å². The Hall–Kier alpha value is -1.39. The summed E-state index contributed by atoms with van der Waals surface area (Å²) < 4.78 is 0. The van der Waals surface area contributed by atoms with E-state index in [0.29, 0.717) is 12.1 Å². The number of rotatable bonds is 3. The summed E-state index contributed by atoms with van der Waals surface area (Å²) in [7, 11) is 0. The van der Waals surface area contributed by atoms with Crippen LogP contribution >= 0.6 is 0 Å². The van der Waals surface area contributed by atoms with E-state index in [4.69, 9.17) is 16.6 Å². The van der Waals surface area contributed by atoms with Gasteiger partial charge in [-0.2, -0.15) is 0 Å². The molecule has 4 nitrogen and oxygen atoms in total. The Morgan fingerprint density at radius 3 is 2.46 bits per heavy atom. The second-order valence-corrected chi connectivity index (χ2v) is 2.66. The third-order valence-corrected chi connectivity index (χ3v) is 1.93. The van der Waals surface area contributed by atoms with E-state index in [9.17, 15) is 4.79 Å². The Labute approximate surface area is 76.2 Å². The summed E-state index contributed by atoms with van der Waals surface area (Å²) in [6.45, 7) is 0.517. The van der Waals surface area contributed by atoms with Crippen LogP contribution in [0.1, 0.15) is 21.5 Å². The third kappa shape index (κ3) is 1.85. The molecule has 0 spiro atoms. The predicted octanol–water partition coefficient (Wildman–Crippen LogP) is 0.302. The first-order chi connectivity index (χ1) is 6.20. The van der Waals surface area contributed by atoms with Crippen LogP contribution in [-0.4, -0.2) is 11.1 Å². The minimum absolute atomic E-state index is 0.203. The molecule has 0 saturated carbocycles. The SMILES string of the molecule is NCc1cccc(C(=O)O)c1CN. The standard InChI is InChI=1S/C9H12N2O2/c10-4-6-2-1-3-7(9(12)13)8(6)5-11/h1-3H,4-5,10-11H2,(H,12,13). The topological polar surface area (TPSA) is 89.3 Å². The van der Waals surface area contributed by atoms with E-state index in [1.165, 1.54) is 6.07 Å². The van der Waals surface area contributed by atoms with Crippen LogP contribution in [0, 0.1) is 0 Å². The molecule has 0 saturated heterocycles. The van der Waals surface area contributed by atoms with Crippen LogP contribution in [0.3, 0.4) is 0 Å². The van der Waals surface area contributed by atoms with Crippen molar-refractivity contribution in [2.45, 2.75) is 13.1 Å². The molecular weight excluding hydrogens is 168 g/mol. The molecule has 0 aliphatic heterocycles. The number of hydrogen-bond acceptors (Lipinski definition) is 3. The van der Waals surface area contributed by atoms with Crippen LogP contribution < -0.4 is 11.5 Å². The first-order valence-electron chi connectivity index (χ1n) is 3.95. The lowest BCUT2D eigenvalue weighted by Crippen LogP contribution is -2.12. The smallest absolute Gasteiger partial charge is 0.336 e. The van der Waals surface area contributed by atoms with E-state index >= 15 is 0 Å². The number of nitrogens with two attached hydrogens (primary N) is 2. The molecule has 5 N–H and O–H groups in total. The van der Waals surface area contributed by atoms with Gasteiger partial charge >= 0.3 is 5.97 Å². The molecular formula is C9H12N2O2. The van der Waals surface area contributed by atoms with Gasteiger partial charge in [0.2, 0.25) is 0 Å².